The maximum Gasteiger partial charge on any atom is 0.0342 e. The largest absolute Gasteiger partial charge is 0.382 e. The summed E-state index contributed by atoms with van der Waals surface area (Å²) in [6.45, 7) is 0. The maximum atomic E-state index is 3.73. The Morgan fingerprint density at radius 3 is 2.56 bits per heavy atom. The van der Waals surface area contributed by atoms with Gasteiger partial charge in [-0.2, -0.15) is 0 Å². The Morgan fingerprint density at radius 2 is 1.75 bits per heavy atom. The highest BCUT2D eigenvalue weighted by atomic mass is 15.0. The highest BCUT2D eigenvalue weighted by molar-refractivity contribution is 5.44. The number of para-hydroxylation sites is 1. The zero-order valence-electron chi connectivity index (χ0n) is 9.60. The van der Waals surface area contributed by atoms with Gasteiger partial charge in [0.2, 0.25) is 0 Å². The van der Waals surface area contributed by atoms with Gasteiger partial charge in [0.25, 0.3) is 0 Å². The van der Waals surface area contributed by atoms with Crippen molar-refractivity contribution < 1.29 is 0 Å². The molecule has 4 rings (SSSR count). The summed E-state index contributed by atoms with van der Waals surface area (Å²) in [5.41, 5.74) is 1.31. The minimum absolute atomic E-state index is 0.780. The molecule has 84 valence electrons. The van der Waals surface area contributed by atoms with E-state index < -0.39 is 0 Å². The molecule has 0 aromatic heterocycles. The van der Waals surface area contributed by atoms with Crippen molar-refractivity contribution >= 4 is 5.69 Å². The standard InChI is InChI=1S/C15H19N/c1-2-4-12(5-3-1)16-14-9-13-10-6-7-11(8-10)15(13)14/h1-5,10-11,13-16H,6-9H2/t10?,11?,13-,14-,15+/m0/s1. The molecule has 1 nitrogen and oxygen atoms in total. The average Bonchev–Trinajstić information content (AvgIpc) is 2.83. The molecule has 1 heteroatoms. The first-order chi connectivity index (χ1) is 7.92. The van der Waals surface area contributed by atoms with Gasteiger partial charge in [-0.1, -0.05) is 18.2 Å². The third kappa shape index (κ3) is 1.17. The second-order valence-corrected chi connectivity index (χ2v) is 5.93. The topological polar surface area (TPSA) is 12.0 Å². The van der Waals surface area contributed by atoms with Crippen LogP contribution in [0.15, 0.2) is 30.3 Å². The lowest BCUT2D eigenvalue weighted by atomic mass is 9.62. The van der Waals surface area contributed by atoms with Crippen LogP contribution in [0.1, 0.15) is 25.7 Å². The van der Waals surface area contributed by atoms with Crippen LogP contribution in [-0.4, -0.2) is 6.04 Å². The van der Waals surface area contributed by atoms with Crippen molar-refractivity contribution in [1.29, 1.82) is 0 Å². The van der Waals surface area contributed by atoms with Gasteiger partial charge in [-0.15, -0.1) is 0 Å². The maximum absolute atomic E-state index is 3.73. The number of anilines is 1. The van der Waals surface area contributed by atoms with Crippen molar-refractivity contribution in [3.05, 3.63) is 30.3 Å². The van der Waals surface area contributed by atoms with Crippen LogP contribution in [0.2, 0.25) is 0 Å². The summed E-state index contributed by atoms with van der Waals surface area (Å²) < 4.78 is 0. The molecule has 16 heavy (non-hydrogen) atoms. The average molecular weight is 213 g/mol. The lowest BCUT2D eigenvalue weighted by Gasteiger charge is -2.48. The molecule has 3 aliphatic rings. The second-order valence-electron chi connectivity index (χ2n) is 5.93. The lowest BCUT2D eigenvalue weighted by molar-refractivity contribution is 0.0832. The van der Waals surface area contributed by atoms with Gasteiger partial charge in [0.15, 0.2) is 0 Å². The molecule has 0 saturated heterocycles. The Labute approximate surface area is 97.2 Å². The predicted octanol–water partition coefficient (Wildman–Crippen LogP) is 3.53. The van der Waals surface area contributed by atoms with Crippen molar-refractivity contribution in [3.8, 4) is 0 Å². The highest BCUT2D eigenvalue weighted by Gasteiger charge is 2.56. The van der Waals surface area contributed by atoms with E-state index in [-0.39, 0.29) is 0 Å². The molecule has 2 bridgehead atoms. The Bertz CT molecular complexity index is 384. The van der Waals surface area contributed by atoms with Crippen molar-refractivity contribution in [1.82, 2.24) is 0 Å². The first-order valence-corrected chi connectivity index (χ1v) is 6.73. The van der Waals surface area contributed by atoms with E-state index in [2.05, 4.69) is 35.6 Å². The van der Waals surface area contributed by atoms with Gasteiger partial charge in [-0.3, -0.25) is 0 Å². The van der Waals surface area contributed by atoms with E-state index in [0.717, 1.165) is 29.7 Å². The van der Waals surface area contributed by atoms with Gasteiger partial charge in [0, 0.05) is 11.7 Å². The number of rotatable bonds is 2. The van der Waals surface area contributed by atoms with E-state index >= 15 is 0 Å². The minimum Gasteiger partial charge on any atom is -0.382 e. The minimum atomic E-state index is 0.780. The Balaban J connectivity index is 1.48. The molecule has 0 spiro atoms. The zero-order chi connectivity index (χ0) is 10.5. The Morgan fingerprint density at radius 1 is 0.938 bits per heavy atom. The Hall–Kier alpha value is -0.980. The molecule has 2 unspecified atom stereocenters. The van der Waals surface area contributed by atoms with Gasteiger partial charge >= 0.3 is 0 Å². The summed E-state index contributed by atoms with van der Waals surface area (Å²) in [6.07, 6.45) is 6.02. The number of fused-ring (bicyclic) bond motifs is 5. The number of hydrogen-bond donors (Lipinski definition) is 1. The van der Waals surface area contributed by atoms with Crippen LogP contribution in [-0.2, 0) is 0 Å². The summed E-state index contributed by atoms with van der Waals surface area (Å²) in [4.78, 5) is 0. The fourth-order valence-corrected chi connectivity index (χ4v) is 4.59. The molecule has 5 atom stereocenters. The van der Waals surface area contributed by atoms with Crippen LogP contribution >= 0.6 is 0 Å². The van der Waals surface area contributed by atoms with Crippen LogP contribution in [0, 0.1) is 23.7 Å². The second kappa shape index (κ2) is 3.26. The number of hydrogen-bond acceptors (Lipinski definition) is 1. The quantitative estimate of drug-likeness (QED) is 0.792. The highest BCUT2D eigenvalue weighted by Crippen LogP contribution is 2.61. The summed E-state index contributed by atoms with van der Waals surface area (Å²) >= 11 is 0. The fraction of sp³-hybridized carbons (Fsp3) is 0.600. The van der Waals surface area contributed by atoms with Crippen LogP contribution < -0.4 is 5.32 Å². The zero-order valence-corrected chi connectivity index (χ0v) is 9.60. The van der Waals surface area contributed by atoms with Crippen molar-refractivity contribution in [2.75, 3.05) is 5.32 Å². The summed E-state index contributed by atoms with van der Waals surface area (Å²) in [5, 5.41) is 3.73. The molecule has 0 heterocycles. The van der Waals surface area contributed by atoms with Crippen LogP contribution in [0.25, 0.3) is 0 Å². The predicted molar refractivity (Wildman–Crippen MR) is 66.3 cm³/mol. The molecule has 1 aromatic carbocycles. The van der Waals surface area contributed by atoms with Crippen LogP contribution in [0.3, 0.4) is 0 Å². The Kier molecular flexibility index (Phi) is 1.85. The van der Waals surface area contributed by atoms with E-state index in [0.29, 0.717) is 0 Å². The van der Waals surface area contributed by atoms with Crippen molar-refractivity contribution in [3.63, 3.8) is 0 Å². The molecule has 3 aliphatic carbocycles. The van der Waals surface area contributed by atoms with Crippen molar-refractivity contribution in [2.24, 2.45) is 23.7 Å². The first kappa shape index (κ1) is 9.09. The van der Waals surface area contributed by atoms with E-state index in [1.165, 1.54) is 24.9 Å². The lowest BCUT2D eigenvalue weighted by Crippen LogP contribution is -2.49. The molecular formula is C15H19N. The molecular weight excluding hydrogens is 194 g/mol. The van der Waals surface area contributed by atoms with Gasteiger partial charge in [0.1, 0.15) is 0 Å². The summed E-state index contributed by atoms with van der Waals surface area (Å²) in [7, 11) is 0. The number of nitrogens with one attached hydrogen (secondary N) is 1. The third-order valence-corrected chi connectivity index (χ3v) is 5.27. The summed E-state index contributed by atoms with van der Waals surface area (Å²) in [6, 6.07) is 11.5. The molecule has 0 amide bonds. The van der Waals surface area contributed by atoms with Gasteiger partial charge in [-0.05, 0) is 61.5 Å². The van der Waals surface area contributed by atoms with E-state index in [9.17, 15) is 0 Å². The van der Waals surface area contributed by atoms with Gasteiger partial charge in [0.05, 0.1) is 0 Å². The monoisotopic (exact) mass is 213 g/mol. The van der Waals surface area contributed by atoms with E-state index in [1.807, 2.05) is 0 Å². The smallest absolute Gasteiger partial charge is 0.0342 e. The SMILES string of the molecule is c1ccc(N[C@H]2C[C@H]3C4CCC(C4)[C@@H]23)cc1. The fourth-order valence-electron chi connectivity index (χ4n) is 4.59. The van der Waals surface area contributed by atoms with Crippen LogP contribution in [0.4, 0.5) is 5.69 Å². The normalized spacial score (nSPS) is 43.9. The van der Waals surface area contributed by atoms with E-state index in [4.69, 9.17) is 0 Å². The van der Waals surface area contributed by atoms with E-state index in [1.54, 1.807) is 6.42 Å². The molecule has 0 radical (unpaired) electrons. The molecule has 0 aliphatic heterocycles. The first-order valence-electron chi connectivity index (χ1n) is 6.73. The van der Waals surface area contributed by atoms with Gasteiger partial charge in [-0.25, -0.2) is 0 Å². The molecule has 3 fully saturated rings. The van der Waals surface area contributed by atoms with Gasteiger partial charge < -0.3 is 5.32 Å². The molecule has 3 saturated carbocycles. The molecule has 1 aromatic rings. The third-order valence-electron chi connectivity index (χ3n) is 5.27. The number of benzene rings is 1. The summed E-state index contributed by atoms with van der Waals surface area (Å²) in [5.74, 6) is 4.26. The molecule has 1 N–H and O–H groups in total. The van der Waals surface area contributed by atoms with Crippen molar-refractivity contribution in [2.45, 2.75) is 31.7 Å². The van der Waals surface area contributed by atoms with Crippen LogP contribution in [0.5, 0.6) is 0 Å².